The molecule has 2 N–H and O–H groups in total. The van der Waals surface area contributed by atoms with Crippen LogP contribution >= 0.6 is 0 Å². The molecule has 0 radical (unpaired) electrons. The Kier molecular flexibility index (Phi) is 5.91. The van der Waals surface area contributed by atoms with Crippen molar-refractivity contribution in [2.45, 2.75) is 69.7 Å². The number of hydrogen-bond acceptors (Lipinski definition) is 6. The van der Waals surface area contributed by atoms with Crippen molar-refractivity contribution in [1.82, 2.24) is 25.0 Å². The van der Waals surface area contributed by atoms with Gasteiger partial charge in [0.2, 0.25) is 5.82 Å². The molecule has 0 aromatic carbocycles. The zero-order chi connectivity index (χ0) is 19.5. The molecule has 0 unspecified atom stereocenters. The molecule has 1 saturated carbocycles. The third kappa shape index (κ3) is 4.20. The average Bonchev–Trinajstić information content (AvgIpc) is 3.40. The highest BCUT2D eigenvalue weighted by Gasteiger charge is 2.42. The van der Waals surface area contributed by atoms with E-state index in [9.17, 15) is 4.79 Å². The first kappa shape index (κ1) is 19.3. The van der Waals surface area contributed by atoms with E-state index in [-0.39, 0.29) is 18.4 Å². The number of ether oxygens (including phenoxy) is 1. The van der Waals surface area contributed by atoms with E-state index in [1.165, 1.54) is 19.3 Å². The molecular weight excluding hydrogens is 362 g/mol. The fourth-order valence-corrected chi connectivity index (χ4v) is 4.66. The molecule has 4 aliphatic rings. The van der Waals surface area contributed by atoms with Gasteiger partial charge in [-0.3, -0.25) is 14.5 Å². The lowest BCUT2D eigenvalue weighted by Gasteiger charge is -2.35. The Morgan fingerprint density at radius 1 is 1.21 bits per heavy atom. The smallest absolute Gasteiger partial charge is 0.290 e. The number of carbonyl (C=O) groups is 2. The van der Waals surface area contributed by atoms with Gasteiger partial charge in [-0.25, -0.2) is 0 Å². The maximum atomic E-state index is 12.7. The molecule has 0 bridgehead atoms. The van der Waals surface area contributed by atoms with E-state index >= 15 is 0 Å². The molecule has 0 spiro atoms. The Balaban J connectivity index is 0.000000604. The van der Waals surface area contributed by atoms with Crippen LogP contribution in [-0.4, -0.2) is 75.0 Å². The van der Waals surface area contributed by atoms with Crippen molar-refractivity contribution in [3.05, 3.63) is 11.6 Å². The molecule has 1 aromatic rings. The SMILES string of the molecule is O=C(N[C@@H]1C[C@H]2CO[C@@H](C3CC3)CN2C1)c1nnc2n1CCCCC2.O=CO. The van der Waals surface area contributed by atoms with Crippen molar-refractivity contribution in [2.75, 3.05) is 19.7 Å². The summed E-state index contributed by atoms with van der Waals surface area (Å²) in [7, 11) is 0. The molecule has 3 aliphatic heterocycles. The summed E-state index contributed by atoms with van der Waals surface area (Å²) in [5.74, 6) is 2.17. The number of hydrogen-bond donors (Lipinski definition) is 2. The second-order valence-corrected chi connectivity index (χ2v) is 8.23. The number of amides is 1. The molecule has 28 heavy (non-hydrogen) atoms. The molecule has 1 aliphatic carbocycles. The van der Waals surface area contributed by atoms with Crippen LogP contribution in [0.15, 0.2) is 0 Å². The summed E-state index contributed by atoms with van der Waals surface area (Å²) in [6.07, 6.45) is 8.40. The molecule has 154 valence electrons. The average molecular weight is 391 g/mol. The summed E-state index contributed by atoms with van der Waals surface area (Å²) in [4.78, 5) is 23.6. The van der Waals surface area contributed by atoms with Crippen LogP contribution in [0.3, 0.4) is 0 Å². The second kappa shape index (κ2) is 8.57. The number of aromatic nitrogens is 3. The van der Waals surface area contributed by atoms with Crippen molar-refractivity contribution in [2.24, 2.45) is 5.92 Å². The summed E-state index contributed by atoms with van der Waals surface area (Å²) < 4.78 is 8.07. The highest BCUT2D eigenvalue weighted by molar-refractivity contribution is 5.91. The highest BCUT2D eigenvalue weighted by atomic mass is 16.5. The minimum absolute atomic E-state index is 0.0647. The van der Waals surface area contributed by atoms with Crippen LogP contribution in [0, 0.1) is 5.92 Å². The number of nitrogens with zero attached hydrogens (tertiary/aromatic N) is 4. The van der Waals surface area contributed by atoms with Gasteiger partial charge in [0.15, 0.2) is 0 Å². The van der Waals surface area contributed by atoms with Crippen molar-refractivity contribution < 1.29 is 19.4 Å². The van der Waals surface area contributed by atoms with Gasteiger partial charge >= 0.3 is 0 Å². The maximum Gasteiger partial charge on any atom is 0.290 e. The third-order valence-electron chi connectivity index (χ3n) is 6.24. The van der Waals surface area contributed by atoms with Crippen LogP contribution in [0.25, 0.3) is 0 Å². The Morgan fingerprint density at radius 2 is 2.04 bits per heavy atom. The molecule has 1 amide bonds. The maximum absolute atomic E-state index is 12.7. The Morgan fingerprint density at radius 3 is 2.82 bits per heavy atom. The summed E-state index contributed by atoms with van der Waals surface area (Å²) in [5, 5.41) is 18.5. The van der Waals surface area contributed by atoms with Crippen LogP contribution in [-0.2, 0) is 22.5 Å². The van der Waals surface area contributed by atoms with Gasteiger partial charge < -0.3 is 19.7 Å². The summed E-state index contributed by atoms with van der Waals surface area (Å²) in [6, 6.07) is 0.647. The first-order valence-electron chi connectivity index (χ1n) is 10.4. The first-order chi connectivity index (χ1) is 13.7. The molecule has 5 rings (SSSR count). The van der Waals surface area contributed by atoms with Crippen LogP contribution in [0.1, 0.15) is 55.0 Å². The van der Waals surface area contributed by atoms with Crippen molar-refractivity contribution in [3.63, 3.8) is 0 Å². The predicted molar refractivity (Wildman–Crippen MR) is 100.0 cm³/mol. The number of fused-ring (bicyclic) bond motifs is 2. The van der Waals surface area contributed by atoms with Gasteiger partial charge in [-0.15, -0.1) is 10.2 Å². The summed E-state index contributed by atoms with van der Waals surface area (Å²) in [5.41, 5.74) is 0. The van der Waals surface area contributed by atoms with Crippen LogP contribution in [0.5, 0.6) is 0 Å². The van der Waals surface area contributed by atoms with E-state index in [0.29, 0.717) is 18.0 Å². The molecule has 3 fully saturated rings. The van der Waals surface area contributed by atoms with Crippen LogP contribution in [0.4, 0.5) is 0 Å². The molecule has 2 saturated heterocycles. The van der Waals surface area contributed by atoms with Gasteiger partial charge in [0.05, 0.1) is 12.7 Å². The molecule has 1 aromatic heterocycles. The lowest BCUT2D eigenvalue weighted by molar-refractivity contribution is -0.122. The first-order valence-corrected chi connectivity index (χ1v) is 10.4. The topological polar surface area (TPSA) is 110 Å². The number of carbonyl (C=O) groups excluding carboxylic acids is 1. The summed E-state index contributed by atoms with van der Waals surface area (Å²) >= 11 is 0. The van der Waals surface area contributed by atoms with E-state index in [1.54, 1.807) is 0 Å². The van der Waals surface area contributed by atoms with E-state index in [4.69, 9.17) is 14.6 Å². The Hall–Kier alpha value is -2.00. The van der Waals surface area contributed by atoms with E-state index in [1.807, 2.05) is 4.57 Å². The second-order valence-electron chi connectivity index (χ2n) is 8.23. The minimum Gasteiger partial charge on any atom is -0.483 e. The van der Waals surface area contributed by atoms with E-state index < -0.39 is 0 Å². The molecule has 9 nitrogen and oxygen atoms in total. The monoisotopic (exact) mass is 391 g/mol. The van der Waals surface area contributed by atoms with Crippen molar-refractivity contribution in [1.29, 1.82) is 0 Å². The fourth-order valence-electron chi connectivity index (χ4n) is 4.66. The molecule has 9 heteroatoms. The number of nitrogens with one attached hydrogen (secondary N) is 1. The van der Waals surface area contributed by atoms with Crippen molar-refractivity contribution in [3.8, 4) is 0 Å². The zero-order valence-electron chi connectivity index (χ0n) is 16.1. The van der Waals surface area contributed by atoms with Gasteiger partial charge in [0.1, 0.15) is 5.82 Å². The molecule has 4 heterocycles. The number of rotatable bonds is 3. The Labute approximate surface area is 164 Å². The van der Waals surface area contributed by atoms with Gasteiger partial charge in [0, 0.05) is 38.1 Å². The zero-order valence-corrected chi connectivity index (χ0v) is 16.1. The van der Waals surface area contributed by atoms with Gasteiger partial charge in [0.25, 0.3) is 12.4 Å². The molecule has 3 atom stereocenters. The summed E-state index contributed by atoms with van der Waals surface area (Å²) in [6.45, 7) is 3.39. The van der Waals surface area contributed by atoms with E-state index in [0.717, 1.165) is 63.7 Å². The largest absolute Gasteiger partial charge is 0.483 e. The normalized spacial score (nSPS) is 29.6. The highest BCUT2D eigenvalue weighted by Crippen LogP contribution is 2.37. The van der Waals surface area contributed by atoms with Crippen LogP contribution < -0.4 is 5.32 Å². The lowest BCUT2D eigenvalue weighted by Crippen LogP contribution is -2.47. The quantitative estimate of drug-likeness (QED) is 0.730. The predicted octanol–water partition coefficient (Wildman–Crippen LogP) is 0.687. The van der Waals surface area contributed by atoms with Crippen molar-refractivity contribution >= 4 is 12.4 Å². The molecular formula is C19H29N5O4. The fraction of sp³-hybridized carbons (Fsp3) is 0.789. The van der Waals surface area contributed by atoms with Crippen LogP contribution in [0.2, 0.25) is 0 Å². The van der Waals surface area contributed by atoms with Gasteiger partial charge in [-0.2, -0.15) is 0 Å². The Bertz CT molecular complexity index is 704. The minimum atomic E-state index is -0.250. The number of carboxylic acid groups (broad SMARTS) is 1. The van der Waals surface area contributed by atoms with E-state index in [2.05, 4.69) is 20.4 Å². The standard InChI is InChI=1S/C18H27N5O2.CH2O2/c24-18(17-21-20-16-4-2-1-3-7-23(16)17)19-13-8-14-11-25-15(12-5-6-12)10-22(14)9-13;2-1-3/h12-15H,1-11H2,(H,19,24);1H,(H,2,3)/t13-,14+,15-;/m1./s1. The van der Waals surface area contributed by atoms with Gasteiger partial charge in [-0.05, 0) is 38.0 Å². The number of aryl methyl sites for hydroxylation is 1. The van der Waals surface area contributed by atoms with Gasteiger partial charge in [-0.1, -0.05) is 6.42 Å². The third-order valence-corrected chi connectivity index (χ3v) is 6.24. The number of morpholine rings is 1. The lowest BCUT2D eigenvalue weighted by atomic mass is 10.1.